The van der Waals surface area contributed by atoms with Gasteiger partial charge in [0.25, 0.3) is 10.1 Å². The minimum Gasteiger partial charge on any atom is -0.462 e. The quantitative estimate of drug-likeness (QED) is 0.0216. The van der Waals surface area contributed by atoms with Crippen molar-refractivity contribution >= 4 is 22.1 Å². The first-order valence-corrected chi connectivity index (χ1v) is 22.5. The predicted octanol–water partition coefficient (Wildman–Crippen LogP) is 7.67. The molecule has 54 heavy (non-hydrogen) atoms. The minimum atomic E-state index is -4.60. The Morgan fingerprint density at radius 3 is 1.57 bits per heavy atom. The molecule has 316 valence electrons. The van der Waals surface area contributed by atoms with E-state index in [1.54, 1.807) is 0 Å². The highest BCUT2D eigenvalue weighted by atomic mass is 32.2. The summed E-state index contributed by atoms with van der Waals surface area (Å²) in [6.07, 6.45) is 23.7. The monoisotopic (exact) mass is 790 g/mol. The van der Waals surface area contributed by atoms with E-state index in [9.17, 15) is 37.9 Å². The molecule has 1 saturated heterocycles. The molecule has 0 aromatic rings. The molecule has 1 aliphatic rings. The van der Waals surface area contributed by atoms with Gasteiger partial charge < -0.3 is 34.3 Å². The largest absolute Gasteiger partial charge is 0.462 e. The second kappa shape index (κ2) is 32.2. The van der Waals surface area contributed by atoms with Crippen LogP contribution in [0.25, 0.3) is 0 Å². The summed E-state index contributed by atoms with van der Waals surface area (Å²) in [5.74, 6) is -2.01. The molecule has 0 aliphatic carbocycles. The first kappa shape index (κ1) is 50.1. The molecule has 0 aromatic carbocycles. The lowest BCUT2D eigenvalue weighted by atomic mass is 10.00. The standard InChI is InChI=1S/C41H74O12S/c1-3-5-7-9-11-13-15-17-19-21-23-25-27-29-36(42)50-31-34(32-51-41-40(46)39(45)38(44)35(53-41)33-54(47,48)49)52-37(43)30-28-26-24-22-20-18-16-14-12-10-8-6-4-2/h13,15,18,20,34-35,38-41,44-46H,3-12,14,16-17,19,21-33H2,1-2H3,(H,47,48,49)/b15-13+,20-18+/t34-,35+,38+,39?,40?,41-/m1/s1. The molecule has 0 radical (unpaired) electrons. The van der Waals surface area contributed by atoms with Crippen molar-refractivity contribution in [2.24, 2.45) is 0 Å². The van der Waals surface area contributed by atoms with Gasteiger partial charge in [-0.1, -0.05) is 115 Å². The minimum absolute atomic E-state index is 0.143. The zero-order valence-electron chi connectivity index (χ0n) is 33.3. The number of ether oxygens (including phenoxy) is 4. The van der Waals surface area contributed by atoms with Crippen molar-refractivity contribution in [3.8, 4) is 0 Å². The van der Waals surface area contributed by atoms with Gasteiger partial charge in [0.15, 0.2) is 12.4 Å². The van der Waals surface area contributed by atoms with Crippen molar-refractivity contribution in [1.29, 1.82) is 0 Å². The predicted molar refractivity (Wildman–Crippen MR) is 210 cm³/mol. The first-order valence-electron chi connectivity index (χ1n) is 20.9. The number of hydrogen-bond donors (Lipinski definition) is 4. The zero-order chi connectivity index (χ0) is 39.9. The number of allylic oxidation sites excluding steroid dienone is 4. The normalized spacial score (nSPS) is 21.2. The van der Waals surface area contributed by atoms with Crippen LogP contribution in [0.15, 0.2) is 24.3 Å². The van der Waals surface area contributed by atoms with Crippen LogP contribution in [0.5, 0.6) is 0 Å². The van der Waals surface area contributed by atoms with Gasteiger partial charge in [0, 0.05) is 12.8 Å². The van der Waals surface area contributed by atoms with E-state index >= 15 is 0 Å². The van der Waals surface area contributed by atoms with Crippen LogP contribution in [-0.2, 0) is 38.7 Å². The molecular weight excluding hydrogens is 717 g/mol. The molecule has 6 atom stereocenters. The molecule has 2 unspecified atom stereocenters. The Kier molecular flexibility index (Phi) is 29.9. The molecule has 0 amide bonds. The Morgan fingerprint density at radius 1 is 0.611 bits per heavy atom. The van der Waals surface area contributed by atoms with Gasteiger partial charge in [-0.05, 0) is 64.2 Å². The molecule has 12 nitrogen and oxygen atoms in total. The fourth-order valence-electron chi connectivity index (χ4n) is 6.19. The molecular formula is C41H74O12S. The van der Waals surface area contributed by atoms with Crippen molar-refractivity contribution in [3.63, 3.8) is 0 Å². The SMILES string of the molecule is CCCCCC/C=C/CCCCCCCC(=O)OC[C@H](CO[C@@H]1O[C@@H](CS(=O)(=O)O)[C@H](O)C(O)C1O)OC(=O)CCCCC/C=C/CCCCCCCC. The van der Waals surface area contributed by atoms with Crippen LogP contribution < -0.4 is 0 Å². The molecule has 0 saturated carbocycles. The van der Waals surface area contributed by atoms with Gasteiger partial charge in [-0.3, -0.25) is 14.1 Å². The van der Waals surface area contributed by atoms with Gasteiger partial charge >= 0.3 is 11.9 Å². The third kappa shape index (κ3) is 26.9. The Labute approximate surface area is 326 Å². The summed E-state index contributed by atoms with van der Waals surface area (Å²) in [6.45, 7) is 3.70. The van der Waals surface area contributed by atoms with E-state index in [2.05, 4.69) is 38.2 Å². The van der Waals surface area contributed by atoms with Gasteiger partial charge in [-0.15, -0.1) is 0 Å². The highest BCUT2D eigenvalue weighted by Gasteiger charge is 2.46. The number of carbonyl (C=O) groups is 2. The molecule has 1 aliphatic heterocycles. The van der Waals surface area contributed by atoms with Gasteiger partial charge in [-0.2, -0.15) is 8.42 Å². The van der Waals surface area contributed by atoms with Crippen LogP contribution in [0.4, 0.5) is 0 Å². The number of rotatable bonds is 34. The molecule has 13 heteroatoms. The third-order valence-corrected chi connectivity index (χ3v) is 10.3. The molecule has 1 rings (SSSR count). The molecule has 0 spiro atoms. The third-order valence-electron chi connectivity index (χ3n) is 9.50. The van der Waals surface area contributed by atoms with Crippen LogP contribution in [0.3, 0.4) is 0 Å². The van der Waals surface area contributed by atoms with Crippen molar-refractivity contribution < 1.29 is 56.8 Å². The maximum Gasteiger partial charge on any atom is 0.306 e. The average Bonchev–Trinajstić information content (AvgIpc) is 3.13. The van der Waals surface area contributed by atoms with Gasteiger partial charge in [0.05, 0.1) is 6.61 Å². The second-order valence-corrected chi connectivity index (χ2v) is 16.1. The second-order valence-electron chi connectivity index (χ2n) is 14.6. The van der Waals surface area contributed by atoms with Crippen molar-refractivity contribution in [1.82, 2.24) is 0 Å². The molecule has 4 N–H and O–H groups in total. The summed E-state index contributed by atoms with van der Waals surface area (Å²) in [6, 6.07) is 0. The van der Waals surface area contributed by atoms with E-state index in [-0.39, 0.29) is 19.4 Å². The van der Waals surface area contributed by atoms with Crippen molar-refractivity contribution in [2.75, 3.05) is 19.0 Å². The maximum atomic E-state index is 12.7. The van der Waals surface area contributed by atoms with Crippen LogP contribution >= 0.6 is 0 Å². The fourth-order valence-corrected chi connectivity index (χ4v) is 6.88. The van der Waals surface area contributed by atoms with E-state index in [4.69, 9.17) is 18.9 Å². The number of aliphatic hydroxyl groups is 3. The number of carbonyl (C=O) groups excluding carboxylic acids is 2. The van der Waals surface area contributed by atoms with Crippen LogP contribution in [-0.4, -0.2) is 96.0 Å². The number of hydrogen-bond acceptors (Lipinski definition) is 11. The van der Waals surface area contributed by atoms with E-state index in [1.807, 2.05) is 0 Å². The van der Waals surface area contributed by atoms with Gasteiger partial charge in [0.1, 0.15) is 36.8 Å². The van der Waals surface area contributed by atoms with E-state index in [1.165, 1.54) is 64.2 Å². The molecule has 1 fully saturated rings. The fraction of sp³-hybridized carbons (Fsp3) is 0.854. The van der Waals surface area contributed by atoms with Crippen molar-refractivity contribution in [2.45, 2.75) is 205 Å². The lowest BCUT2D eigenvalue weighted by molar-refractivity contribution is -0.297. The zero-order valence-corrected chi connectivity index (χ0v) is 34.1. The summed E-state index contributed by atoms with van der Waals surface area (Å²) in [5, 5.41) is 30.8. The molecule has 0 aromatic heterocycles. The summed E-state index contributed by atoms with van der Waals surface area (Å²) in [4.78, 5) is 25.3. The lowest BCUT2D eigenvalue weighted by Crippen LogP contribution is -2.60. The Hall–Kier alpha value is -1.87. The van der Waals surface area contributed by atoms with Crippen LogP contribution in [0, 0.1) is 0 Å². The topological polar surface area (TPSA) is 186 Å². The van der Waals surface area contributed by atoms with Crippen LogP contribution in [0.1, 0.15) is 168 Å². The highest BCUT2D eigenvalue weighted by molar-refractivity contribution is 7.85. The maximum absolute atomic E-state index is 12.7. The smallest absolute Gasteiger partial charge is 0.306 e. The Morgan fingerprint density at radius 2 is 1.06 bits per heavy atom. The highest BCUT2D eigenvalue weighted by Crippen LogP contribution is 2.24. The number of unbranched alkanes of at least 4 members (excludes halogenated alkanes) is 18. The molecule has 0 bridgehead atoms. The number of esters is 2. The van der Waals surface area contributed by atoms with Crippen LogP contribution in [0.2, 0.25) is 0 Å². The van der Waals surface area contributed by atoms with Gasteiger partial charge in [-0.25, -0.2) is 0 Å². The first-order chi connectivity index (χ1) is 26.0. The summed E-state index contributed by atoms with van der Waals surface area (Å²) < 4.78 is 53.9. The molecule has 1 heterocycles. The van der Waals surface area contributed by atoms with Gasteiger partial charge in [0.2, 0.25) is 0 Å². The average molecular weight is 791 g/mol. The Balaban J connectivity index is 2.51. The summed E-state index contributed by atoms with van der Waals surface area (Å²) >= 11 is 0. The summed E-state index contributed by atoms with van der Waals surface area (Å²) in [7, 11) is -4.60. The summed E-state index contributed by atoms with van der Waals surface area (Å²) in [5.41, 5.74) is 0. The Bertz CT molecular complexity index is 1110. The lowest BCUT2D eigenvalue weighted by Gasteiger charge is -2.40. The van der Waals surface area contributed by atoms with E-state index in [0.29, 0.717) is 12.8 Å². The van der Waals surface area contributed by atoms with E-state index in [0.717, 1.165) is 64.2 Å². The number of aliphatic hydroxyl groups excluding tert-OH is 3. The van der Waals surface area contributed by atoms with E-state index < -0.39 is 71.2 Å². The van der Waals surface area contributed by atoms with Crippen molar-refractivity contribution in [3.05, 3.63) is 24.3 Å².